The maximum absolute atomic E-state index is 14.5. The van der Waals surface area contributed by atoms with Crippen LogP contribution in [-0.4, -0.2) is 44.1 Å². The SMILES string of the molecule is CC(C)C[C@@H]1C(=O)N[C@H](C2Cc3ccccc3C2)C(=O)N1[C@@H](C(=O)CC(C)(C)C)c1cccc(-n2ccnc2)c1. The van der Waals surface area contributed by atoms with Crippen molar-refractivity contribution in [3.63, 3.8) is 0 Å². The molecule has 3 atom stereocenters. The van der Waals surface area contributed by atoms with Gasteiger partial charge in [0.25, 0.3) is 0 Å². The zero-order chi connectivity index (χ0) is 28.6. The third kappa shape index (κ3) is 5.74. The number of aromatic nitrogens is 2. The number of hydrogen-bond donors (Lipinski definition) is 1. The van der Waals surface area contributed by atoms with Gasteiger partial charge in [0.15, 0.2) is 5.78 Å². The number of benzene rings is 2. The van der Waals surface area contributed by atoms with Crippen LogP contribution >= 0.6 is 0 Å². The van der Waals surface area contributed by atoms with Gasteiger partial charge >= 0.3 is 0 Å². The van der Waals surface area contributed by atoms with E-state index < -0.39 is 18.1 Å². The van der Waals surface area contributed by atoms with E-state index in [4.69, 9.17) is 0 Å². The van der Waals surface area contributed by atoms with Crippen molar-refractivity contribution in [1.82, 2.24) is 19.8 Å². The highest BCUT2D eigenvalue weighted by molar-refractivity contribution is 6.00. The minimum absolute atomic E-state index is 0.0491. The molecule has 2 aliphatic rings. The zero-order valence-electron chi connectivity index (χ0n) is 24.1. The molecular weight excluding hydrogens is 500 g/mol. The number of carbonyl (C=O) groups is 3. The third-order valence-corrected chi connectivity index (χ3v) is 7.98. The van der Waals surface area contributed by atoms with Crippen LogP contribution in [0.5, 0.6) is 0 Å². The average Bonchev–Trinajstić information content (AvgIpc) is 3.57. The molecule has 1 aliphatic heterocycles. The average molecular weight is 541 g/mol. The lowest BCUT2D eigenvalue weighted by Gasteiger charge is -2.45. The van der Waals surface area contributed by atoms with Crippen LogP contribution in [0, 0.1) is 17.3 Å². The minimum Gasteiger partial charge on any atom is -0.342 e. The van der Waals surface area contributed by atoms with Crippen molar-refractivity contribution in [3.8, 4) is 5.69 Å². The van der Waals surface area contributed by atoms with Crippen LogP contribution in [0.4, 0.5) is 0 Å². The molecule has 1 aliphatic carbocycles. The summed E-state index contributed by atoms with van der Waals surface area (Å²) in [6.45, 7) is 10.2. The largest absolute Gasteiger partial charge is 0.342 e. The van der Waals surface area contributed by atoms with Crippen LogP contribution in [0.25, 0.3) is 5.69 Å². The number of rotatable bonds is 8. The highest BCUT2D eigenvalue weighted by Crippen LogP contribution is 2.37. The van der Waals surface area contributed by atoms with Gasteiger partial charge in [-0.2, -0.15) is 0 Å². The molecule has 1 aromatic heterocycles. The summed E-state index contributed by atoms with van der Waals surface area (Å²) in [5.74, 6) is -0.279. The fourth-order valence-corrected chi connectivity index (χ4v) is 6.26. The van der Waals surface area contributed by atoms with Crippen molar-refractivity contribution < 1.29 is 14.4 Å². The second kappa shape index (κ2) is 11.0. The van der Waals surface area contributed by atoms with Crippen molar-refractivity contribution in [1.29, 1.82) is 0 Å². The molecule has 1 saturated heterocycles. The van der Waals surface area contributed by atoms with Crippen LogP contribution in [0.3, 0.4) is 0 Å². The summed E-state index contributed by atoms with van der Waals surface area (Å²) in [4.78, 5) is 48.3. The van der Waals surface area contributed by atoms with Crippen LogP contribution in [0.1, 0.15) is 70.2 Å². The van der Waals surface area contributed by atoms with Crippen LogP contribution in [-0.2, 0) is 27.2 Å². The van der Waals surface area contributed by atoms with Crippen LogP contribution < -0.4 is 5.32 Å². The number of ketones is 1. The molecule has 1 N–H and O–H groups in total. The molecular formula is C33H40N4O3. The molecule has 3 aromatic rings. The molecule has 0 radical (unpaired) electrons. The summed E-state index contributed by atoms with van der Waals surface area (Å²) < 4.78 is 1.88. The van der Waals surface area contributed by atoms with Gasteiger partial charge in [0.1, 0.15) is 18.1 Å². The number of amides is 2. The minimum atomic E-state index is -0.865. The van der Waals surface area contributed by atoms with Crippen molar-refractivity contribution >= 4 is 17.6 Å². The first-order valence-electron chi connectivity index (χ1n) is 14.3. The molecule has 5 rings (SSSR count). The first kappa shape index (κ1) is 27.8. The lowest BCUT2D eigenvalue weighted by Crippen LogP contribution is -2.66. The number of nitrogens with zero attached hydrogens (tertiary/aromatic N) is 3. The maximum atomic E-state index is 14.5. The van der Waals surface area contributed by atoms with Crippen molar-refractivity contribution in [3.05, 3.63) is 83.9 Å². The van der Waals surface area contributed by atoms with Gasteiger partial charge in [-0.3, -0.25) is 14.4 Å². The Hall–Kier alpha value is -3.74. The number of nitrogens with one attached hydrogen (secondary N) is 1. The quantitative estimate of drug-likeness (QED) is 0.432. The van der Waals surface area contributed by atoms with E-state index in [2.05, 4.69) is 22.4 Å². The van der Waals surface area contributed by atoms with Gasteiger partial charge < -0.3 is 14.8 Å². The lowest BCUT2D eigenvalue weighted by molar-refractivity contribution is -0.157. The summed E-state index contributed by atoms with van der Waals surface area (Å²) >= 11 is 0. The molecule has 40 heavy (non-hydrogen) atoms. The number of carbonyl (C=O) groups excluding carboxylic acids is 3. The smallest absolute Gasteiger partial charge is 0.247 e. The fraction of sp³-hybridized carbons (Fsp3) is 0.455. The Morgan fingerprint density at radius 3 is 2.35 bits per heavy atom. The number of hydrogen-bond acceptors (Lipinski definition) is 4. The summed E-state index contributed by atoms with van der Waals surface area (Å²) in [6.07, 6.45) is 7.48. The standard InChI is InChI=1S/C33H40N4O3/c1-21(2)15-27-31(39)35-29(25-16-22-9-6-7-10-23(22)17-25)32(40)37(27)30(28(38)19-33(3,4)5)24-11-8-12-26(18-24)36-14-13-34-20-36/h6-14,18,20-21,25,27,29-30H,15-17,19H2,1-5H3,(H,35,39)/t27-,29-,30-/m1/s1. The first-order valence-corrected chi connectivity index (χ1v) is 14.3. The predicted molar refractivity (Wildman–Crippen MR) is 155 cm³/mol. The third-order valence-electron chi connectivity index (χ3n) is 7.98. The Labute approximate surface area is 237 Å². The fourth-order valence-electron chi connectivity index (χ4n) is 6.26. The highest BCUT2D eigenvalue weighted by atomic mass is 16.2. The van der Waals surface area contributed by atoms with E-state index in [1.807, 2.05) is 81.8 Å². The predicted octanol–water partition coefficient (Wildman–Crippen LogP) is 5.08. The molecule has 210 valence electrons. The molecule has 0 bridgehead atoms. The number of piperazine rings is 1. The van der Waals surface area contributed by atoms with Gasteiger partial charge in [-0.15, -0.1) is 0 Å². The summed E-state index contributed by atoms with van der Waals surface area (Å²) in [6, 6.07) is 13.7. The molecule has 0 spiro atoms. The Morgan fingerprint density at radius 1 is 1.05 bits per heavy atom. The first-order chi connectivity index (χ1) is 19.0. The zero-order valence-corrected chi connectivity index (χ0v) is 24.1. The lowest BCUT2D eigenvalue weighted by atomic mass is 9.83. The number of fused-ring (bicyclic) bond motifs is 1. The van der Waals surface area contributed by atoms with Crippen LogP contribution in [0.15, 0.2) is 67.3 Å². The van der Waals surface area contributed by atoms with Gasteiger partial charge in [0, 0.05) is 24.5 Å². The van der Waals surface area contributed by atoms with E-state index in [0.29, 0.717) is 12.0 Å². The summed E-state index contributed by atoms with van der Waals surface area (Å²) in [5, 5.41) is 3.10. The summed E-state index contributed by atoms with van der Waals surface area (Å²) in [7, 11) is 0. The van der Waals surface area contributed by atoms with E-state index >= 15 is 0 Å². The van der Waals surface area contributed by atoms with Gasteiger partial charge in [-0.05, 0) is 65.3 Å². The normalized spacial score (nSPS) is 20.5. The van der Waals surface area contributed by atoms with E-state index in [9.17, 15) is 14.4 Å². The molecule has 1 fully saturated rings. The number of Topliss-reactive ketones (excluding diaryl/α,β-unsaturated/α-hetero) is 1. The van der Waals surface area contributed by atoms with Crippen molar-refractivity contribution in [2.75, 3.05) is 0 Å². The van der Waals surface area contributed by atoms with Crippen LogP contribution in [0.2, 0.25) is 0 Å². The van der Waals surface area contributed by atoms with Gasteiger partial charge in [-0.1, -0.05) is 71.0 Å². The Bertz CT molecular complexity index is 1360. The van der Waals surface area contributed by atoms with E-state index in [0.717, 1.165) is 18.5 Å². The highest BCUT2D eigenvalue weighted by Gasteiger charge is 2.49. The van der Waals surface area contributed by atoms with Gasteiger partial charge in [-0.25, -0.2) is 4.98 Å². The molecule has 2 heterocycles. The number of imidazole rings is 1. The summed E-state index contributed by atoms with van der Waals surface area (Å²) in [5.41, 5.74) is 3.72. The second-order valence-corrected chi connectivity index (χ2v) is 13.0. The van der Waals surface area contributed by atoms with E-state index in [1.54, 1.807) is 17.4 Å². The monoisotopic (exact) mass is 540 g/mol. The topological polar surface area (TPSA) is 84.3 Å². The molecule has 2 aromatic carbocycles. The Morgan fingerprint density at radius 2 is 1.75 bits per heavy atom. The van der Waals surface area contributed by atoms with Gasteiger partial charge in [0.05, 0.1) is 6.33 Å². The molecule has 0 unspecified atom stereocenters. The van der Waals surface area contributed by atoms with E-state index in [1.165, 1.54) is 11.1 Å². The maximum Gasteiger partial charge on any atom is 0.247 e. The molecule has 7 heteroatoms. The molecule has 7 nitrogen and oxygen atoms in total. The second-order valence-electron chi connectivity index (χ2n) is 13.0. The van der Waals surface area contributed by atoms with E-state index in [-0.39, 0.29) is 41.3 Å². The molecule has 2 amide bonds. The Balaban J connectivity index is 1.58. The van der Waals surface area contributed by atoms with Gasteiger partial charge in [0.2, 0.25) is 11.8 Å². The van der Waals surface area contributed by atoms with Crippen molar-refractivity contribution in [2.45, 2.75) is 78.4 Å². The molecule has 0 saturated carbocycles. The Kier molecular flexibility index (Phi) is 7.67. The van der Waals surface area contributed by atoms with Crippen molar-refractivity contribution in [2.24, 2.45) is 17.3 Å².